The highest BCUT2D eigenvalue weighted by molar-refractivity contribution is 7.66. The summed E-state index contributed by atoms with van der Waals surface area (Å²) in [6.07, 6.45) is -5.92. The molecule has 0 bridgehead atoms. The highest BCUT2D eigenvalue weighted by atomic mass is 35.5. The second kappa shape index (κ2) is 9.91. The number of anilines is 1. The number of phosphoric acid groups is 3. The molecule has 1 aliphatic rings. The first-order valence-corrected chi connectivity index (χ1v) is 14.2. The summed E-state index contributed by atoms with van der Waals surface area (Å²) in [5.74, 6) is 1.84. The summed E-state index contributed by atoms with van der Waals surface area (Å²) in [5, 5.41) is 23.8. The summed E-state index contributed by atoms with van der Waals surface area (Å²) in [5.41, 5.74) is 2.28. The fraction of sp³-hybridized carbons (Fsp3) is 0.429. The van der Waals surface area contributed by atoms with Crippen LogP contribution in [-0.4, -0.2) is 68.2 Å². The van der Waals surface area contributed by atoms with Crippen LogP contribution in [0.2, 0.25) is 0 Å². The minimum atomic E-state index is -5.81. The molecular formula is C14H18ClN4O14P3. The van der Waals surface area contributed by atoms with Crippen LogP contribution in [0.25, 0.3) is 11.0 Å². The van der Waals surface area contributed by atoms with Crippen LogP contribution < -0.4 is 11.3 Å². The maximum absolute atomic E-state index is 12.2. The number of rotatable bonds is 8. The SMILES string of the molecule is C[C@@H](OP(=O)(O)OP(=O)(O)OP(=O)(O)O)[C@H]1O[C@@H](n2ccc3c(=O)[nH]c(N)nc32)C(O)(C#CCl)[C@H]1O. The van der Waals surface area contributed by atoms with Gasteiger partial charge >= 0.3 is 23.5 Å². The Hall–Kier alpha value is -1.64. The molecule has 1 fully saturated rings. The monoisotopic (exact) mass is 594 g/mol. The number of fused-ring (bicyclic) bond motifs is 1. The van der Waals surface area contributed by atoms with Gasteiger partial charge in [0.25, 0.3) is 5.56 Å². The maximum Gasteiger partial charge on any atom is 0.490 e. The average molecular weight is 595 g/mol. The molecule has 2 aromatic heterocycles. The zero-order chi connectivity index (χ0) is 27.3. The van der Waals surface area contributed by atoms with Crippen LogP contribution in [0.4, 0.5) is 5.95 Å². The molecule has 3 rings (SSSR count). The minimum Gasteiger partial charge on any atom is -0.386 e. The number of aliphatic hydroxyl groups excluding tert-OH is 1. The lowest BCUT2D eigenvalue weighted by atomic mass is 9.93. The van der Waals surface area contributed by atoms with Gasteiger partial charge in [-0.15, -0.1) is 0 Å². The molecule has 3 heterocycles. The molecule has 1 aliphatic heterocycles. The number of aromatic nitrogens is 3. The molecule has 9 N–H and O–H groups in total. The third-order valence-electron chi connectivity index (χ3n) is 4.70. The first-order chi connectivity index (χ1) is 16.4. The number of aromatic amines is 1. The van der Waals surface area contributed by atoms with Crippen molar-refractivity contribution in [3.05, 3.63) is 22.6 Å². The Morgan fingerprint density at radius 1 is 1.28 bits per heavy atom. The van der Waals surface area contributed by atoms with Crippen molar-refractivity contribution in [2.45, 2.75) is 37.1 Å². The molecule has 200 valence electrons. The van der Waals surface area contributed by atoms with Gasteiger partial charge in [0.15, 0.2) is 11.9 Å². The highest BCUT2D eigenvalue weighted by Gasteiger charge is 2.58. The van der Waals surface area contributed by atoms with Crippen molar-refractivity contribution < 1.29 is 61.4 Å². The van der Waals surface area contributed by atoms with Gasteiger partial charge in [-0.1, -0.05) is 0 Å². The van der Waals surface area contributed by atoms with Crippen molar-refractivity contribution in [2.75, 3.05) is 5.73 Å². The molecule has 7 atom stereocenters. The second-order valence-corrected chi connectivity index (χ2v) is 11.8. The van der Waals surface area contributed by atoms with Crippen LogP contribution >= 0.6 is 35.1 Å². The van der Waals surface area contributed by atoms with Crippen LogP contribution in [0, 0.1) is 11.3 Å². The van der Waals surface area contributed by atoms with Gasteiger partial charge < -0.3 is 44.8 Å². The van der Waals surface area contributed by atoms with E-state index in [1.165, 1.54) is 12.3 Å². The van der Waals surface area contributed by atoms with Crippen LogP contribution in [0.15, 0.2) is 17.1 Å². The Balaban J connectivity index is 1.92. The highest BCUT2D eigenvalue weighted by Crippen LogP contribution is 2.66. The molecule has 0 aromatic carbocycles. The Morgan fingerprint density at radius 2 is 1.92 bits per heavy atom. The van der Waals surface area contributed by atoms with Crippen LogP contribution in [0.1, 0.15) is 13.2 Å². The van der Waals surface area contributed by atoms with E-state index in [-0.39, 0.29) is 17.0 Å². The molecule has 0 spiro atoms. The number of aliphatic hydroxyl groups is 2. The van der Waals surface area contributed by atoms with Crippen molar-refractivity contribution in [1.82, 2.24) is 14.5 Å². The van der Waals surface area contributed by atoms with E-state index < -0.39 is 59.2 Å². The summed E-state index contributed by atoms with van der Waals surface area (Å²) in [6, 6.07) is 1.29. The van der Waals surface area contributed by atoms with Crippen molar-refractivity contribution >= 4 is 52.1 Å². The number of ether oxygens (including phenoxy) is 1. The van der Waals surface area contributed by atoms with Gasteiger partial charge in [-0.3, -0.25) is 14.3 Å². The fourth-order valence-electron chi connectivity index (χ4n) is 3.40. The molecule has 3 unspecified atom stereocenters. The van der Waals surface area contributed by atoms with Crippen LogP contribution in [0.5, 0.6) is 0 Å². The second-order valence-electron chi connectivity index (χ2n) is 7.26. The van der Waals surface area contributed by atoms with Gasteiger partial charge in [0.05, 0.1) is 11.5 Å². The van der Waals surface area contributed by atoms with E-state index in [0.717, 1.165) is 11.5 Å². The summed E-state index contributed by atoms with van der Waals surface area (Å²) >= 11 is 5.43. The number of nitrogen functional groups attached to an aromatic ring is 1. The van der Waals surface area contributed by atoms with Crippen LogP contribution in [-0.2, 0) is 31.6 Å². The van der Waals surface area contributed by atoms with E-state index in [4.69, 9.17) is 31.9 Å². The summed E-state index contributed by atoms with van der Waals surface area (Å²) < 4.78 is 53.1. The molecule has 0 amide bonds. The molecule has 18 nitrogen and oxygen atoms in total. The Labute approximate surface area is 205 Å². The predicted octanol–water partition coefficient (Wildman–Crippen LogP) is -0.772. The number of nitrogens with two attached hydrogens (primary N) is 1. The van der Waals surface area contributed by atoms with Gasteiger partial charge in [0.2, 0.25) is 11.5 Å². The first kappa shape index (κ1) is 28.9. The molecule has 36 heavy (non-hydrogen) atoms. The lowest BCUT2D eigenvalue weighted by Crippen LogP contribution is -2.47. The van der Waals surface area contributed by atoms with Crippen LogP contribution in [0.3, 0.4) is 0 Å². The van der Waals surface area contributed by atoms with E-state index >= 15 is 0 Å². The number of hydrogen-bond acceptors (Lipinski definition) is 12. The topological polar surface area (TPSA) is 286 Å². The predicted molar refractivity (Wildman–Crippen MR) is 118 cm³/mol. The lowest BCUT2D eigenvalue weighted by Gasteiger charge is -2.27. The first-order valence-electron chi connectivity index (χ1n) is 9.26. The van der Waals surface area contributed by atoms with Crippen molar-refractivity contribution in [3.8, 4) is 11.3 Å². The third kappa shape index (κ3) is 6.08. The van der Waals surface area contributed by atoms with E-state index in [1.54, 1.807) is 0 Å². The average Bonchev–Trinajstić information content (AvgIpc) is 3.18. The van der Waals surface area contributed by atoms with E-state index in [1.807, 2.05) is 5.38 Å². The number of nitrogens with one attached hydrogen (secondary N) is 1. The van der Waals surface area contributed by atoms with Crippen molar-refractivity contribution in [2.24, 2.45) is 0 Å². The quantitative estimate of drug-likeness (QED) is 0.137. The largest absolute Gasteiger partial charge is 0.490 e. The minimum absolute atomic E-state index is 0.00762. The van der Waals surface area contributed by atoms with Gasteiger partial charge in [0.1, 0.15) is 12.2 Å². The Kier molecular flexibility index (Phi) is 7.97. The molecule has 0 radical (unpaired) electrons. The summed E-state index contributed by atoms with van der Waals surface area (Å²) in [4.78, 5) is 54.6. The van der Waals surface area contributed by atoms with Gasteiger partial charge in [0, 0.05) is 11.6 Å². The number of H-pyrrole nitrogens is 1. The molecular weight excluding hydrogens is 577 g/mol. The summed E-state index contributed by atoms with van der Waals surface area (Å²) in [7, 11) is -17.1. The standard InChI is InChI=1S/C14H18ClN4O14P3/c1-6(31-35(26,27)33-36(28,29)32-34(23,24)25)8-9(20)14(22,3-4-15)12(30-8)19-5-2-7-10(19)17-13(16)18-11(7)21/h2,5-6,8-9,12,20,22H,1H3,(H,26,27)(H,28,29)(H2,23,24,25)(H3,16,17,18,21)/t6-,8-,9+,12-,14?/m1/s1. The van der Waals surface area contributed by atoms with Crippen molar-refractivity contribution in [3.63, 3.8) is 0 Å². The Morgan fingerprint density at radius 3 is 2.50 bits per heavy atom. The van der Waals surface area contributed by atoms with Crippen molar-refractivity contribution in [1.29, 1.82) is 0 Å². The number of hydrogen-bond donors (Lipinski definition) is 8. The van der Waals surface area contributed by atoms with Gasteiger partial charge in [-0.2, -0.15) is 13.6 Å². The molecule has 2 aromatic rings. The molecule has 0 saturated carbocycles. The lowest BCUT2D eigenvalue weighted by molar-refractivity contribution is -0.0829. The van der Waals surface area contributed by atoms with Gasteiger partial charge in [-0.05, 0) is 30.5 Å². The Bertz CT molecular complexity index is 1430. The third-order valence-corrected chi connectivity index (χ3v) is 8.72. The molecule has 0 aliphatic carbocycles. The fourth-order valence-corrected chi connectivity index (χ4v) is 6.75. The zero-order valence-electron chi connectivity index (χ0n) is 17.6. The molecule has 1 saturated heterocycles. The normalized spacial score (nSPS) is 28.7. The summed E-state index contributed by atoms with van der Waals surface area (Å²) in [6.45, 7) is 1.01. The number of halogens is 1. The van der Waals surface area contributed by atoms with E-state index in [2.05, 4.69) is 29.0 Å². The smallest absolute Gasteiger partial charge is 0.386 e. The number of phosphoric ester groups is 1. The maximum atomic E-state index is 12.2. The zero-order valence-corrected chi connectivity index (χ0v) is 21.0. The molecule has 22 heteroatoms. The number of nitrogens with zero attached hydrogens (tertiary/aromatic N) is 2. The van der Waals surface area contributed by atoms with Gasteiger partial charge in [-0.25, -0.2) is 13.7 Å². The van der Waals surface area contributed by atoms with E-state index in [0.29, 0.717) is 0 Å². The van der Waals surface area contributed by atoms with E-state index in [9.17, 15) is 38.5 Å².